The second-order valence-electron chi connectivity index (χ2n) is 8.59. The van der Waals surface area contributed by atoms with Gasteiger partial charge in [0.2, 0.25) is 10.0 Å². The van der Waals surface area contributed by atoms with E-state index >= 15 is 0 Å². The molecule has 0 aromatic heterocycles. The van der Waals surface area contributed by atoms with Gasteiger partial charge in [0.15, 0.2) is 0 Å². The van der Waals surface area contributed by atoms with Gasteiger partial charge in [0, 0.05) is 18.2 Å². The van der Waals surface area contributed by atoms with E-state index in [1.165, 1.54) is 0 Å². The Morgan fingerprint density at radius 1 is 0.853 bits per heavy atom. The van der Waals surface area contributed by atoms with Crippen molar-refractivity contribution in [2.24, 2.45) is 0 Å². The number of hydrogen-bond acceptors (Lipinski definition) is 3. The van der Waals surface area contributed by atoms with Crippen LogP contribution in [0.2, 0.25) is 0 Å². The summed E-state index contributed by atoms with van der Waals surface area (Å²) in [6.45, 7) is 0.449. The second kappa shape index (κ2) is 11.3. The van der Waals surface area contributed by atoms with Crippen LogP contribution in [0.25, 0.3) is 11.6 Å². The van der Waals surface area contributed by atoms with Crippen LogP contribution < -0.4 is 10.0 Å². The van der Waals surface area contributed by atoms with Gasteiger partial charge in [-0.2, -0.15) is 0 Å². The number of rotatable bonds is 9. The molecule has 1 fully saturated rings. The SMILES string of the molecule is O=C(NCCc1ccc(S(=O)(=O)NC2CCCC2)cc1)/C(=C\c1ccccc1)c1ccccc1. The number of sulfonamides is 1. The van der Waals surface area contributed by atoms with Gasteiger partial charge in [-0.3, -0.25) is 4.79 Å². The van der Waals surface area contributed by atoms with Crippen LogP contribution in [0.5, 0.6) is 0 Å². The number of carbonyl (C=O) groups excluding carboxylic acids is 1. The van der Waals surface area contributed by atoms with Crippen molar-refractivity contribution in [3.05, 3.63) is 102 Å². The van der Waals surface area contributed by atoms with Crippen molar-refractivity contribution in [2.45, 2.75) is 43.0 Å². The smallest absolute Gasteiger partial charge is 0.251 e. The molecule has 3 aromatic carbocycles. The second-order valence-corrected chi connectivity index (χ2v) is 10.3. The molecule has 1 aliphatic rings. The van der Waals surface area contributed by atoms with E-state index < -0.39 is 10.0 Å². The molecule has 0 aliphatic heterocycles. The van der Waals surface area contributed by atoms with Crippen molar-refractivity contribution < 1.29 is 13.2 Å². The van der Waals surface area contributed by atoms with Gasteiger partial charge in [0.05, 0.1) is 4.90 Å². The summed E-state index contributed by atoms with van der Waals surface area (Å²) in [5, 5.41) is 3.01. The first-order chi connectivity index (χ1) is 16.5. The molecule has 1 saturated carbocycles. The molecule has 0 radical (unpaired) electrons. The van der Waals surface area contributed by atoms with Crippen molar-refractivity contribution in [3.63, 3.8) is 0 Å². The molecule has 0 bridgehead atoms. The fourth-order valence-electron chi connectivity index (χ4n) is 4.20. The van der Waals surface area contributed by atoms with Crippen LogP contribution in [0.4, 0.5) is 0 Å². The lowest BCUT2D eigenvalue weighted by atomic mass is 10.0. The number of carbonyl (C=O) groups is 1. The van der Waals surface area contributed by atoms with Crippen molar-refractivity contribution >= 4 is 27.6 Å². The maximum Gasteiger partial charge on any atom is 0.251 e. The minimum atomic E-state index is -3.49. The van der Waals surface area contributed by atoms with E-state index in [1.54, 1.807) is 12.1 Å². The Morgan fingerprint density at radius 3 is 2.12 bits per heavy atom. The average Bonchev–Trinajstić information content (AvgIpc) is 3.36. The minimum absolute atomic E-state index is 0.0441. The number of benzene rings is 3. The summed E-state index contributed by atoms with van der Waals surface area (Å²) in [5.74, 6) is -0.144. The maximum absolute atomic E-state index is 13.0. The fraction of sp³-hybridized carbons (Fsp3) is 0.250. The lowest BCUT2D eigenvalue weighted by Crippen LogP contribution is -2.32. The van der Waals surface area contributed by atoms with Crippen molar-refractivity contribution in [3.8, 4) is 0 Å². The number of nitrogens with one attached hydrogen (secondary N) is 2. The van der Waals surface area contributed by atoms with Crippen LogP contribution in [0.1, 0.15) is 42.4 Å². The van der Waals surface area contributed by atoms with E-state index in [1.807, 2.05) is 78.9 Å². The topological polar surface area (TPSA) is 75.3 Å². The number of amides is 1. The summed E-state index contributed by atoms with van der Waals surface area (Å²) in [5.41, 5.74) is 3.38. The first-order valence-corrected chi connectivity index (χ1v) is 13.2. The molecule has 3 aromatic rings. The first-order valence-electron chi connectivity index (χ1n) is 11.7. The minimum Gasteiger partial charge on any atom is -0.352 e. The van der Waals surface area contributed by atoms with Crippen LogP contribution in [0.3, 0.4) is 0 Å². The highest BCUT2D eigenvalue weighted by molar-refractivity contribution is 7.89. The van der Waals surface area contributed by atoms with E-state index in [9.17, 15) is 13.2 Å². The molecule has 0 saturated heterocycles. The predicted molar refractivity (Wildman–Crippen MR) is 136 cm³/mol. The molecule has 6 heteroatoms. The highest BCUT2D eigenvalue weighted by Gasteiger charge is 2.22. The number of hydrogen-bond donors (Lipinski definition) is 2. The van der Waals surface area contributed by atoms with Crippen LogP contribution in [0, 0.1) is 0 Å². The molecule has 0 heterocycles. The summed E-state index contributed by atoms with van der Waals surface area (Å²) < 4.78 is 28.0. The summed E-state index contributed by atoms with van der Waals surface area (Å²) in [6, 6.07) is 26.3. The Balaban J connectivity index is 1.38. The third-order valence-electron chi connectivity index (χ3n) is 6.05. The third kappa shape index (κ3) is 6.43. The molecule has 0 unspecified atom stereocenters. The van der Waals surface area contributed by atoms with E-state index in [0.29, 0.717) is 18.5 Å². The van der Waals surface area contributed by atoms with Crippen molar-refractivity contribution in [1.82, 2.24) is 10.0 Å². The predicted octanol–water partition coefficient (Wildman–Crippen LogP) is 4.81. The zero-order chi connectivity index (χ0) is 23.8. The summed E-state index contributed by atoms with van der Waals surface area (Å²) in [6.07, 6.45) is 6.45. The first kappa shape index (κ1) is 23.9. The van der Waals surface area contributed by atoms with Gasteiger partial charge >= 0.3 is 0 Å². The van der Waals surface area contributed by atoms with Gasteiger partial charge in [0.25, 0.3) is 5.91 Å². The Kier molecular flexibility index (Phi) is 7.93. The largest absolute Gasteiger partial charge is 0.352 e. The molecule has 176 valence electrons. The molecule has 1 amide bonds. The van der Waals surface area contributed by atoms with Crippen LogP contribution >= 0.6 is 0 Å². The maximum atomic E-state index is 13.0. The highest BCUT2D eigenvalue weighted by Crippen LogP contribution is 2.21. The Bertz CT molecular complexity index is 1220. The highest BCUT2D eigenvalue weighted by atomic mass is 32.2. The quantitative estimate of drug-likeness (QED) is 0.345. The third-order valence-corrected chi connectivity index (χ3v) is 7.59. The molecule has 0 atom stereocenters. The molecule has 2 N–H and O–H groups in total. The Hall–Kier alpha value is -3.22. The van der Waals surface area contributed by atoms with Gasteiger partial charge in [-0.1, -0.05) is 85.6 Å². The van der Waals surface area contributed by atoms with Crippen molar-refractivity contribution in [1.29, 1.82) is 0 Å². The van der Waals surface area contributed by atoms with Crippen molar-refractivity contribution in [2.75, 3.05) is 6.54 Å². The van der Waals surface area contributed by atoms with Crippen LogP contribution in [-0.2, 0) is 21.2 Å². The zero-order valence-corrected chi connectivity index (χ0v) is 19.9. The van der Waals surface area contributed by atoms with Gasteiger partial charge in [0.1, 0.15) is 0 Å². The van der Waals surface area contributed by atoms with E-state index in [4.69, 9.17) is 0 Å². The van der Waals surface area contributed by atoms with E-state index in [0.717, 1.165) is 42.4 Å². The molecule has 1 aliphatic carbocycles. The molecular formula is C28H30N2O3S. The van der Waals surface area contributed by atoms with Gasteiger partial charge in [-0.05, 0) is 54.2 Å². The lowest BCUT2D eigenvalue weighted by molar-refractivity contribution is -0.115. The molecule has 34 heavy (non-hydrogen) atoms. The Morgan fingerprint density at radius 2 is 1.47 bits per heavy atom. The molecule has 4 rings (SSSR count). The van der Waals surface area contributed by atoms with Crippen LogP contribution in [-0.4, -0.2) is 26.9 Å². The standard InChI is InChI=1S/C28H30N2O3S/c31-28(27(24-11-5-2-6-12-24)21-23-9-3-1-4-10-23)29-20-19-22-15-17-26(18-16-22)34(32,33)30-25-13-7-8-14-25/h1-6,9-12,15-18,21,25,30H,7-8,13-14,19-20H2,(H,29,31)/b27-21-. The monoisotopic (exact) mass is 474 g/mol. The van der Waals surface area contributed by atoms with Gasteiger partial charge in [-0.25, -0.2) is 13.1 Å². The summed E-state index contributed by atoms with van der Waals surface area (Å²) >= 11 is 0. The molecule has 0 spiro atoms. The van der Waals surface area contributed by atoms with E-state index in [-0.39, 0.29) is 16.8 Å². The van der Waals surface area contributed by atoms with Crippen LogP contribution in [0.15, 0.2) is 89.8 Å². The normalized spacial score (nSPS) is 14.8. The molecular weight excluding hydrogens is 444 g/mol. The fourth-order valence-corrected chi connectivity index (χ4v) is 5.50. The summed E-state index contributed by atoms with van der Waals surface area (Å²) in [4.78, 5) is 13.3. The molecule has 5 nitrogen and oxygen atoms in total. The summed E-state index contributed by atoms with van der Waals surface area (Å²) in [7, 11) is -3.49. The van der Waals surface area contributed by atoms with Gasteiger partial charge < -0.3 is 5.32 Å². The lowest BCUT2D eigenvalue weighted by Gasteiger charge is -2.13. The Labute approximate surface area is 202 Å². The van der Waals surface area contributed by atoms with Gasteiger partial charge in [-0.15, -0.1) is 0 Å². The zero-order valence-electron chi connectivity index (χ0n) is 19.1. The van der Waals surface area contributed by atoms with E-state index in [2.05, 4.69) is 10.0 Å². The average molecular weight is 475 g/mol.